The summed E-state index contributed by atoms with van der Waals surface area (Å²) >= 11 is 0. The van der Waals surface area contributed by atoms with E-state index in [0.717, 1.165) is 55.8 Å². The second-order valence-electron chi connectivity index (χ2n) is 13.9. The van der Waals surface area contributed by atoms with E-state index in [2.05, 4.69) is 152 Å². The third kappa shape index (κ3) is 4.53. The fourth-order valence-corrected chi connectivity index (χ4v) is 8.63. The number of nitrogens with zero attached hydrogens (tertiary/aromatic N) is 3. The van der Waals surface area contributed by atoms with E-state index in [4.69, 9.17) is 19.7 Å². The lowest BCUT2D eigenvalue weighted by atomic mass is 9.66. The Bertz CT molecular complexity index is 2890. The first-order valence-corrected chi connectivity index (χ1v) is 18.3. The SMILES string of the molecule is c1ccc(-c2nc(-c3ccc4ccccc4c3)nc(-c3ccccc3-c3ccc4c(c3)Oc3ccccc3C43c4ccccc4-c4ccccc43)n2)cc1. The van der Waals surface area contributed by atoms with Crippen LogP contribution in [0.2, 0.25) is 0 Å². The summed E-state index contributed by atoms with van der Waals surface area (Å²) in [5, 5.41) is 2.31. The molecule has 1 aliphatic heterocycles. The van der Waals surface area contributed by atoms with Crippen LogP contribution in [0.1, 0.15) is 22.3 Å². The Kier molecular flexibility index (Phi) is 6.73. The van der Waals surface area contributed by atoms with E-state index in [1.165, 1.54) is 27.6 Å². The highest BCUT2D eigenvalue weighted by Gasteiger charge is 2.50. The predicted molar refractivity (Wildman–Crippen MR) is 216 cm³/mol. The van der Waals surface area contributed by atoms with Crippen molar-refractivity contribution in [2.45, 2.75) is 5.41 Å². The molecule has 0 saturated carbocycles. The minimum absolute atomic E-state index is 0.511. The molecule has 4 nitrogen and oxygen atoms in total. The summed E-state index contributed by atoms with van der Waals surface area (Å²) in [5.41, 5.74) is 11.7. The van der Waals surface area contributed by atoms with Gasteiger partial charge in [-0.15, -0.1) is 0 Å². The maximum absolute atomic E-state index is 6.85. The Morgan fingerprint density at radius 3 is 1.61 bits per heavy atom. The first kappa shape index (κ1) is 30.5. The minimum Gasteiger partial charge on any atom is -0.457 e. The molecule has 1 spiro atoms. The summed E-state index contributed by atoms with van der Waals surface area (Å²) in [6.45, 7) is 0. The van der Waals surface area contributed by atoms with Gasteiger partial charge in [-0.25, -0.2) is 15.0 Å². The molecule has 2 heterocycles. The van der Waals surface area contributed by atoms with Crippen LogP contribution in [0, 0.1) is 0 Å². The van der Waals surface area contributed by atoms with Crippen LogP contribution < -0.4 is 4.74 Å². The number of rotatable bonds is 4. The minimum atomic E-state index is -0.511. The number of benzene rings is 8. The van der Waals surface area contributed by atoms with Gasteiger partial charge >= 0.3 is 0 Å². The molecule has 4 heteroatoms. The van der Waals surface area contributed by atoms with Gasteiger partial charge in [0.25, 0.3) is 0 Å². The molecule has 0 radical (unpaired) electrons. The molecule has 54 heavy (non-hydrogen) atoms. The highest BCUT2D eigenvalue weighted by atomic mass is 16.5. The summed E-state index contributed by atoms with van der Waals surface area (Å²) < 4.78 is 6.85. The van der Waals surface area contributed by atoms with Crippen molar-refractivity contribution in [1.82, 2.24) is 15.0 Å². The molecule has 1 aliphatic carbocycles. The second-order valence-corrected chi connectivity index (χ2v) is 13.9. The molecule has 0 bridgehead atoms. The Balaban J connectivity index is 1.10. The third-order valence-corrected chi connectivity index (χ3v) is 11.0. The molecule has 1 aromatic heterocycles. The van der Waals surface area contributed by atoms with Crippen LogP contribution in [0.5, 0.6) is 11.5 Å². The van der Waals surface area contributed by atoms with Gasteiger partial charge in [-0.2, -0.15) is 0 Å². The third-order valence-electron chi connectivity index (χ3n) is 11.0. The smallest absolute Gasteiger partial charge is 0.164 e. The van der Waals surface area contributed by atoms with E-state index in [1.807, 2.05) is 36.4 Å². The predicted octanol–water partition coefficient (Wildman–Crippen LogP) is 12.2. The van der Waals surface area contributed by atoms with Gasteiger partial charge in [-0.05, 0) is 62.4 Å². The molecule has 2 aliphatic rings. The number of ether oxygens (including phenoxy) is 1. The fourth-order valence-electron chi connectivity index (χ4n) is 8.63. The lowest BCUT2D eigenvalue weighted by Crippen LogP contribution is -2.32. The van der Waals surface area contributed by atoms with Crippen molar-refractivity contribution in [2.75, 3.05) is 0 Å². The van der Waals surface area contributed by atoms with Crippen LogP contribution in [0.4, 0.5) is 0 Å². The molecule has 11 rings (SSSR count). The van der Waals surface area contributed by atoms with Crippen LogP contribution in [-0.2, 0) is 5.41 Å². The molecule has 0 amide bonds. The van der Waals surface area contributed by atoms with Crippen LogP contribution in [-0.4, -0.2) is 15.0 Å². The van der Waals surface area contributed by atoms with Crippen molar-refractivity contribution in [3.8, 4) is 67.9 Å². The maximum atomic E-state index is 6.85. The summed E-state index contributed by atoms with van der Waals surface area (Å²) in [6, 6.07) is 66.0. The lowest BCUT2D eigenvalue weighted by molar-refractivity contribution is 0.436. The van der Waals surface area contributed by atoms with Crippen molar-refractivity contribution in [3.05, 3.63) is 210 Å². The van der Waals surface area contributed by atoms with E-state index in [-0.39, 0.29) is 0 Å². The standard InChI is InChI=1S/C50H31N3O/c1-2-15-33(16-3-1)47-51-48(36-27-26-32-14-4-5-17-34(32)30-36)53-49(52-47)40-21-7-6-18-37(40)35-28-29-44-46(31-35)54-45-25-13-12-24-43(45)50(44)41-22-10-8-19-38(41)39-20-9-11-23-42(39)50/h1-31H. The highest BCUT2D eigenvalue weighted by molar-refractivity contribution is 5.90. The number of aromatic nitrogens is 3. The Labute approximate surface area is 313 Å². The lowest BCUT2D eigenvalue weighted by Gasteiger charge is -2.39. The van der Waals surface area contributed by atoms with E-state index < -0.39 is 5.41 Å². The molecule has 0 fully saturated rings. The zero-order valence-electron chi connectivity index (χ0n) is 29.1. The molecule has 252 valence electrons. The van der Waals surface area contributed by atoms with Gasteiger partial charge in [0.1, 0.15) is 11.5 Å². The Morgan fingerprint density at radius 1 is 0.315 bits per heavy atom. The molecule has 0 N–H and O–H groups in total. The van der Waals surface area contributed by atoms with Crippen molar-refractivity contribution < 1.29 is 4.74 Å². The van der Waals surface area contributed by atoms with Crippen LogP contribution >= 0.6 is 0 Å². The first-order valence-electron chi connectivity index (χ1n) is 18.3. The molecule has 0 unspecified atom stereocenters. The molecule has 9 aromatic rings. The van der Waals surface area contributed by atoms with E-state index in [0.29, 0.717) is 17.5 Å². The molecular formula is C50H31N3O. The number of hydrogen-bond acceptors (Lipinski definition) is 4. The van der Waals surface area contributed by atoms with Crippen LogP contribution in [0.3, 0.4) is 0 Å². The topological polar surface area (TPSA) is 47.9 Å². The van der Waals surface area contributed by atoms with E-state index >= 15 is 0 Å². The van der Waals surface area contributed by atoms with Gasteiger partial charge in [0, 0.05) is 27.8 Å². The fraction of sp³-hybridized carbons (Fsp3) is 0.0200. The van der Waals surface area contributed by atoms with Gasteiger partial charge < -0.3 is 4.74 Å². The average molecular weight is 690 g/mol. The van der Waals surface area contributed by atoms with Gasteiger partial charge in [0.2, 0.25) is 0 Å². The molecule has 0 saturated heterocycles. The Morgan fingerprint density at radius 2 is 0.852 bits per heavy atom. The summed E-state index contributed by atoms with van der Waals surface area (Å²) in [7, 11) is 0. The monoisotopic (exact) mass is 689 g/mol. The summed E-state index contributed by atoms with van der Waals surface area (Å²) in [6.07, 6.45) is 0. The quantitative estimate of drug-likeness (QED) is 0.185. The molecular weight excluding hydrogens is 659 g/mol. The normalized spacial score (nSPS) is 13.1. The van der Waals surface area contributed by atoms with E-state index in [1.54, 1.807) is 0 Å². The summed E-state index contributed by atoms with van der Waals surface area (Å²) in [5.74, 6) is 3.58. The van der Waals surface area contributed by atoms with Gasteiger partial charge in [0.05, 0.1) is 5.41 Å². The van der Waals surface area contributed by atoms with Gasteiger partial charge in [-0.1, -0.05) is 170 Å². The highest BCUT2D eigenvalue weighted by Crippen LogP contribution is 2.62. The Hall–Kier alpha value is -7.17. The van der Waals surface area contributed by atoms with Crippen molar-refractivity contribution in [1.29, 1.82) is 0 Å². The first-order chi connectivity index (χ1) is 26.8. The van der Waals surface area contributed by atoms with Crippen molar-refractivity contribution in [3.63, 3.8) is 0 Å². The second kappa shape index (κ2) is 11.9. The zero-order valence-corrected chi connectivity index (χ0v) is 29.1. The number of para-hydroxylation sites is 1. The summed E-state index contributed by atoms with van der Waals surface area (Å²) in [4.78, 5) is 15.3. The van der Waals surface area contributed by atoms with Crippen molar-refractivity contribution >= 4 is 10.8 Å². The van der Waals surface area contributed by atoms with Crippen LogP contribution in [0.15, 0.2) is 188 Å². The largest absolute Gasteiger partial charge is 0.457 e. The number of fused-ring (bicyclic) bond motifs is 10. The zero-order chi connectivity index (χ0) is 35.6. The van der Waals surface area contributed by atoms with Gasteiger partial charge in [-0.3, -0.25) is 0 Å². The maximum Gasteiger partial charge on any atom is 0.164 e. The number of hydrogen-bond donors (Lipinski definition) is 0. The van der Waals surface area contributed by atoms with Crippen LogP contribution in [0.25, 0.3) is 67.2 Å². The van der Waals surface area contributed by atoms with Crippen molar-refractivity contribution in [2.24, 2.45) is 0 Å². The van der Waals surface area contributed by atoms with E-state index in [9.17, 15) is 0 Å². The van der Waals surface area contributed by atoms with Gasteiger partial charge in [0.15, 0.2) is 17.5 Å². The molecule has 8 aromatic carbocycles. The average Bonchev–Trinajstić information content (AvgIpc) is 3.54. The molecule has 0 atom stereocenters.